The quantitative estimate of drug-likeness (QED) is 0.618. The van der Waals surface area contributed by atoms with Crippen LogP contribution in [0.3, 0.4) is 0 Å². The molecule has 1 aliphatic heterocycles. The van der Waals surface area contributed by atoms with Crippen LogP contribution in [0.5, 0.6) is 5.75 Å². The van der Waals surface area contributed by atoms with Crippen LogP contribution in [0.1, 0.15) is 71.2 Å². The van der Waals surface area contributed by atoms with Gasteiger partial charge in [0.15, 0.2) is 0 Å². The van der Waals surface area contributed by atoms with Crippen molar-refractivity contribution in [3.63, 3.8) is 0 Å². The predicted molar refractivity (Wildman–Crippen MR) is 128 cm³/mol. The summed E-state index contributed by atoms with van der Waals surface area (Å²) in [7, 11) is -1.97. The lowest BCUT2D eigenvalue weighted by Gasteiger charge is -2.36. The van der Waals surface area contributed by atoms with Gasteiger partial charge in [0.2, 0.25) is 8.32 Å². The van der Waals surface area contributed by atoms with Gasteiger partial charge in [0, 0.05) is 18.5 Å². The van der Waals surface area contributed by atoms with Crippen molar-refractivity contribution in [2.24, 2.45) is 0 Å². The monoisotopic (exact) mass is 464 g/mol. The molecule has 0 saturated carbocycles. The molecule has 1 aromatic carbocycles. The summed E-state index contributed by atoms with van der Waals surface area (Å²) in [5, 5.41) is 13.2. The molecule has 1 aliphatic rings. The van der Waals surface area contributed by atoms with Crippen LogP contribution in [-0.4, -0.2) is 54.7 Å². The molecule has 2 amide bonds. The first-order valence-corrected chi connectivity index (χ1v) is 14.3. The van der Waals surface area contributed by atoms with Crippen LogP contribution in [0, 0.1) is 0 Å². The smallest absolute Gasteiger partial charge is 0.411 e. The van der Waals surface area contributed by atoms with Gasteiger partial charge in [-0.2, -0.15) is 0 Å². The van der Waals surface area contributed by atoms with E-state index in [4.69, 9.17) is 9.16 Å². The molecule has 0 aliphatic carbocycles. The molecular weight excluding hydrogens is 424 g/mol. The summed E-state index contributed by atoms with van der Waals surface area (Å²) in [5.74, 6) is 0.435. The SMILES string of the molecule is CC(C)(C)OC(=O)N1CCCC(O)CC1NC(=O)c1ccc(O[Si](C)(C)C(C)(C)C)cc1. The van der Waals surface area contributed by atoms with Crippen LogP contribution in [0.25, 0.3) is 0 Å². The van der Waals surface area contributed by atoms with Crippen LogP contribution in [0.4, 0.5) is 4.79 Å². The second kappa shape index (κ2) is 9.83. The number of rotatable bonds is 4. The largest absolute Gasteiger partial charge is 0.544 e. The van der Waals surface area contributed by atoms with Gasteiger partial charge in [-0.15, -0.1) is 0 Å². The maximum Gasteiger partial charge on any atom is 0.411 e. The third-order valence-electron chi connectivity index (χ3n) is 6.03. The van der Waals surface area contributed by atoms with Crippen LogP contribution >= 0.6 is 0 Å². The second-order valence-corrected chi connectivity index (χ2v) is 15.8. The maximum atomic E-state index is 12.9. The Balaban J connectivity index is 2.13. The highest BCUT2D eigenvalue weighted by Gasteiger charge is 2.39. The molecule has 0 spiro atoms. The standard InChI is InChI=1S/C24H40N2O5Si/c1-23(2,3)30-22(29)26-15-9-10-18(27)16-20(26)25-21(28)17-11-13-19(14-12-17)31-32(7,8)24(4,5)6/h11-14,18,20,27H,9-10,15-16H2,1-8H3,(H,25,28). The molecule has 7 nitrogen and oxygen atoms in total. The van der Waals surface area contributed by atoms with Crippen molar-refractivity contribution in [2.75, 3.05) is 6.54 Å². The van der Waals surface area contributed by atoms with Crippen LogP contribution in [0.2, 0.25) is 18.1 Å². The number of nitrogens with one attached hydrogen (secondary N) is 1. The molecule has 1 aromatic rings. The number of hydrogen-bond acceptors (Lipinski definition) is 5. The highest BCUT2D eigenvalue weighted by Crippen LogP contribution is 2.37. The first kappa shape index (κ1) is 26.2. The number of carbonyl (C=O) groups excluding carboxylic acids is 2. The molecule has 32 heavy (non-hydrogen) atoms. The van der Waals surface area contributed by atoms with Gasteiger partial charge in [-0.25, -0.2) is 4.79 Å². The van der Waals surface area contributed by atoms with E-state index in [9.17, 15) is 14.7 Å². The molecule has 8 heteroatoms. The highest BCUT2D eigenvalue weighted by atomic mass is 28.4. The van der Waals surface area contributed by atoms with Crippen molar-refractivity contribution in [2.45, 2.75) is 96.8 Å². The van der Waals surface area contributed by atoms with Crippen molar-refractivity contribution < 1.29 is 23.9 Å². The minimum absolute atomic E-state index is 0.0779. The van der Waals surface area contributed by atoms with E-state index in [1.807, 2.05) is 12.1 Å². The van der Waals surface area contributed by atoms with Gasteiger partial charge in [0.1, 0.15) is 17.5 Å². The molecule has 0 radical (unpaired) electrons. The zero-order chi connectivity index (χ0) is 24.3. The average molecular weight is 465 g/mol. The molecule has 1 saturated heterocycles. The predicted octanol–water partition coefficient (Wildman–Crippen LogP) is 4.91. The first-order chi connectivity index (χ1) is 14.6. The third kappa shape index (κ3) is 7.23. The number of benzene rings is 1. The number of amides is 2. The Labute approximate surface area is 193 Å². The summed E-state index contributed by atoms with van der Waals surface area (Å²) in [6, 6.07) is 7.07. The fraction of sp³-hybridized carbons (Fsp3) is 0.667. The molecule has 2 rings (SSSR count). The number of aliphatic hydroxyl groups excluding tert-OH is 1. The summed E-state index contributed by atoms with van der Waals surface area (Å²) in [6.07, 6.45) is -0.240. The van der Waals surface area contributed by atoms with E-state index in [0.29, 0.717) is 24.9 Å². The van der Waals surface area contributed by atoms with Gasteiger partial charge in [0.25, 0.3) is 5.91 Å². The van der Waals surface area contributed by atoms with E-state index in [1.54, 1.807) is 32.9 Å². The normalized spacial score (nSPS) is 20.3. The lowest BCUT2D eigenvalue weighted by Crippen LogP contribution is -2.52. The number of nitrogens with zero attached hydrogens (tertiary/aromatic N) is 1. The van der Waals surface area contributed by atoms with Gasteiger partial charge in [-0.3, -0.25) is 9.69 Å². The fourth-order valence-corrected chi connectivity index (χ4v) is 4.22. The molecule has 1 heterocycles. The number of hydrogen-bond donors (Lipinski definition) is 2. The summed E-state index contributed by atoms with van der Waals surface area (Å²) in [4.78, 5) is 27.2. The van der Waals surface area contributed by atoms with Gasteiger partial charge in [0.05, 0.1) is 6.10 Å². The minimum atomic E-state index is -1.97. The van der Waals surface area contributed by atoms with Crippen molar-refractivity contribution in [1.82, 2.24) is 10.2 Å². The van der Waals surface area contributed by atoms with E-state index in [0.717, 1.165) is 5.75 Å². The second-order valence-electron chi connectivity index (χ2n) is 11.1. The Hall–Kier alpha value is -2.06. The van der Waals surface area contributed by atoms with Crippen LogP contribution in [-0.2, 0) is 4.74 Å². The Morgan fingerprint density at radius 1 is 1.09 bits per heavy atom. The van der Waals surface area contributed by atoms with E-state index in [-0.39, 0.29) is 17.4 Å². The fourth-order valence-electron chi connectivity index (χ4n) is 3.19. The zero-order valence-corrected chi connectivity index (χ0v) is 21.8. The Bertz CT molecular complexity index is 796. The van der Waals surface area contributed by atoms with Gasteiger partial charge in [-0.05, 0) is 76.0 Å². The third-order valence-corrected chi connectivity index (χ3v) is 10.4. The maximum absolute atomic E-state index is 12.9. The van der Waals surface area contributed by atoms with Gasteiger partial charge < -0.3 is 19.6 Å². The lowest BCUT2D eigenvalue weighted by atomic mass is 10.1. The molecule has 2 N–H and O–H groups in total. The van der Waals surface area contributed by atoms with Crippen LogP contribution < -0.4 is 9.74 Å². The van der Waals surface area contributed by atoms with Crippen molar-refractivity contribution in [1.29, 1.82) is 0 Å². The molecule has 2 atom stereocenters. The first-order valence-electron chi connectivity index (χ1n) is 11.4. The number of carbonyl (C=O) groups is 2. The molecular formula is C24H40N2O5Si. The Morgan fingerprint density at radius 3 is 2.22 bits per heavy atom. The van der Waals surface area contributed by atoms with Crippen molar-refractivity contribution >= 4 is 20.3 Å². The lowest BCUT2D eigenvalue weighted by molar-refractivity contribution is 0.0111. The molecule has 0 aromatic heterocycles. The van der Waals surface area contributed by atoms with E-state index < -0.39 is 32.3 Å². The van der Waals surface area contributed by atoms with Gasteiger partial charge >= 0.3 is 6.09 Å². The molecule has 180 valence electrons. The Kier molecular flexibility index (Phi) is 8.04. The summed E-state index contributed by atoms with van der Waals surface area (Å²) in [5.41, 5.74) is -0.174. The minimum Gasteiger partial charge on any atom is -0.544 e. The highest BCUT2D eigenvalue weighted by molar-refractivity contribution is 6.74. The van der Waals surface area contributed by atoms with Crippen molar-refractivity contribution in [3.05, 3.63) is 29.8 Å². The molecule has 0 bridgehead atoms. The summed E-state index contributed by atoms with van der Waals surface area (Å²) < 4.78 is 11.8. The number of likely N-dealkylation sites (tertiary alicyclic amines) is 1. The van der Waals surface area contributed by atoms with Crippen LogP contribution in [0.15, 0.2) is 24.3 Å². The molecule has 2 unspecified atom stereocenters. The average Bonchev–Trinajstić information content (AvgIpc) is 2.80. The Morgan fingerprint density at radius 2 is 1.69 bits per heavy atom. The molecule has 1 fully saturated rings. The van der Waals surface area contributed by atoms with Crippen molar-refractivity contribution in [3.8, 4) is 5.75 Å². The topological polar surface area (TPSA) is 88.1 Å². The van der Waals surface area contributed by atoms with E-state index in [2.05, 4.69) is 39.2 Å². The van der Waals surface area contributed by atoms with Gasteiger partial charge in [-0.1, -0.05) is 20.8 Å². The number of ether oxygens (including phenoxy) is 1. The van der Waals surface area contributed by atoms with E-state index >= 15 is 0 Å². The summed E-state index contributed by atoms with van der Waals surface area (Å²) in [6.45, 7) is 16.7. The number of aliphatic hydroxyl groups is 1. The summed E-state index contributed by atoms with van der Waals surface area (Å²) >= 11 is 0. The zero-order valence-electron chi connectivity index (χ0n) is 20.8. The van der Waals surface area contributed by atoms with E-state index in [1.165, 1.54) is 4.90 Å².